The largest absolute Gasteiger partial charge is 0.478 e. The van der Waals surface area contributed by atoms with Crippen molar-refractivity contribution in [2.24, 2.45) is 0 Å². The lowest BCUT2D eigenvalue weighted by molar-refractivity contribution is 0.0698. The molecule has 0 unspecified atom stereocenters. The number of benzene rings is 2. The van der Waals surface area contributed by atoms with Crippen LogP contribution in [0.4, 0.5) is 5.69 Å². The van der Waals surface area contributed by atoms with Gasteiger partial charge in [-0.25, -0.2) is 4.79 Å². The van der Waals surface area contributed by atoms with Gasteiger partial charge >= 0.3 is 5.97 Å². The van der Waals surface area contributed by atoms with Crippen LogP contribution in [0.15, 0.2) is 40.9 Å². The number of anilines is 1. The van der Waals surface area contributed by atoms with Gasteiger partial charge in [-0.05, 0) is 36.4 Å². The zero-order chi connectivity index (χ0) is 15.6. The molecule has 0 bridgehead atoms. The van der Waals surface area contributed by atoms with E-state index in [1.165, 1.54) is 24.3 Å². The number of halogens is 3. The van der Waals surface area contributed by atoms with Gasteiger partial charge in [-0.15, -0.1) is 0 Å². The summed E-state index contributed by atoms with van der Waals surface area (Å²) in [5.74, 6) is -1.68. The average Bonchev–Trinajstić information content (AvgIpc) is 2.37. The Labute approximate surface area is 138 Å². The smallest absolute Gasteiger partial charge is 0.337 e. The molecule has 0 atom stereocenters. The highest BCUT2D eigenvalue weighted by Gasteiger charge is 2.16. The molecule has 2 N–H and O–H groups in total. The molecule has 2 rings (SSSR count). The summed E-state index contributed by atoms with van der Waals surface area (Å²) in [7, 11) is 0. The Hall–Kier alpha value is -1.56. The normalized spacial score (nSPS) is 10.2. The van der Waals surface area contributed by atoms with Crippen molar-refractivity contribution in [3.63, 3.8) is 0 Å². The predicted molar refractivity (Wildman–Crippen MR) is 85.5 cm³/mol. The van der Waals surface area contributed by atoms with Gasteiger partial charge in [0, 0.05) is 9.50 Å². The Morgan fingerprint density at radius 1 is 1.05 bits per heavy atom. The van der Waals surface area contributed by atoms with Crippen LogP contribution in [-0.4, -0.2) is 17.0 Å². The second-order valence-electron chi connectivity index (χ2n) is 4.07. The Bertz CT molecular complexity index is 734. The van der Waals surface area contributed by atoms with Gasteiger partial charge in [0.2, 0.25) is 0 Å². The molecule has 21 heavy (non-hydrogen) atoms. The molecule has 2 aromatic rings. The highest BCUT2D eigenvalue weighted by atomic mass is 79.9. The van der Waals surface area contributed by atoms with Crippen molar-refractivity contribution in [2.45, 2.75) is 0 Å². The first-order chi connectivity index (χ1) is 9.88. The highest BCUT2D eigenvalue weighted by molar-refractivity contribution is 9.10. The lowest BCUT2D eigenvalue weighted by atomic mass is 10.1. The molecule has 0 aromatic heterocycles. The molecular weight excluding hydrogens is 381 g/mol. The number of aromatic carboxylic acids is 1. The highest BCUT2D eigenvalue weighted by Crippen LogP contribution is 2.25. The third kappa shape index (κ3) is 3.75. The molecule has 0 saturated carbocycles. The van der Waals surface area contributed by atoms with Gasteiger partial charge in [-0.3, -0.25) is 4.79 Å². The molecule has 0 spiro atoms. The molecule has 7 heteroatoms. The van der Waals surface area contributed by atoms with E-state index in [4.69, 9.17) is 28.3 Å². The number of hydrogen-bond acceptors (Lipinski definition) is 2. The third-order valence-corrected chi connectivity index (χ3v) is 3.68. The minimum atomic E-state index is -1.16. The zero-order valence-corrected chi connectivity index (χ0v) is 13.5. The van der Waals surface area contributed by atoms with Gasteiger partial charge in [0.05, 0.1) is 21.8 Å². The first-order valence-electron chi connectivity index (χ1n) is 5.67. The van der Waals surface area contributed by atoms with Crippen LogP contribution in [0.1, 0.15) is 20.7 Å². The fourth-order valence-electron chi connectivity index (χ4n) is 1.67. The quantitative estimate of drug-likeness (QED) is 0.800. The topological polar surface area (TPSA) is 66.4 Å². The summed E-state index contributed by atoms with van der Waals surface area (Å²) in [4.78, 5) is 23.3. The van der Waals surface area contributed by atoms with E-state index < -0.39 is 11.9 Å². The van der Waals surface area contributed by atoms with Crippen molar-refractivity contribution in [2.75, 3.05) is 5.32 Å². The van der Waals surface area contributed by atoms with Crippen LogP contribution in [0.5, 0.6) is 0 Å². The van der Waals surface area contributed by atoms with Gasteiger partial charge in [-0.2, -0.15) is 0 Å². The zero-order valence-electron chi connectivity index (χ0n) is 10.4. The van der Waals surface area contributed by atoms with Crippen LogP contribution in [0.25, 0.3) is 0 Å². The van der Waals surface area contributed by atoms with Crippen LogP contribution in [-0.2, 0) is 0 Å². The molecular formula is C14H8BrCl2NO3. The van der Waals surface area contributed by atoms with Crippen LogP contribution in [0, 0.1) is 0 Å². The van der Waals surface area contributed by atoms with Gasteiger partial charge in [0.1, 0.15) is 0 Å². The van der Waals surface area contributed by atoms with Gasteiger partial charge in [0.15, 0.2) is 0 Å². The van der Waals surface area contributed by atoms with Crippen molar-refractivity contribution in [1.82, 2.24) is 0 Å². The molecule has 0 aliphatic rings. The molecule has 0 aliphatic carbocycles. The van der Waals surface area contributed by atoms with Gasteiger partial charge in [-0.1, -0.05) is 39.1 Å². The van der Waals surface area contributed by atoms with Crippen LogP contribution in [0.2, 0.25) is 10.0 Å². The molecule has 2 aromatic carbocycles. The number of amides is 1. The number of carbonyl (C=O) groups excluding carboxylic acids is 1. The first-order valence-corrected chi connectivity index (χ1v) is 7.22. The summed E-state index contributed by atoms with van der Waals surface area (Å²) in [6, 6.07) is 8.91. The van der Waals surface area contributed by atoms with E-state index in [1.807, 2.05) is 0 Å². The maximum Gasteiger partial charge on any atom is 0.337 e. The van der Waals surface area contributed by atoms with Crippen molar-refractivity contribution in [3.05, 3.63) is 62.0 Å². The Kier molecular flexibility index (Phi) is 4.88. The third-order valence-electron chi connectivity index (χ3n) is 2.64. The van der Waals surface area contributed by atoms with Crippen molar-refractivity contribution < 1.29 is 14.7 Å². The Morgan fingerprint density at radius 3 is 2.33 bits per heavy atom. The van der Waals surface area contributed by atoms with Crippen LogP contribution in [0.3, 0.4) is 0 Å². The fourth-order valence-corrected chi connectivity index (χ4v) is 2.60. The molecule has 0 aliphatic heterocycles. The van der Waals surface area contributed by atoms with Crippen LogP contribution < -0.4 is 5.32 Å². The molecule has 0 saturated heterocycles. The lowest BCUT2D eigenvalue weighted by Gasteiger charge is -2.10. The first kappa shape index (κ1) is 15.8. The monoisotopic (exact) mass is 387 g/mol. The van der Waals surface area contributed by atoms with E-state index in [0.29, 0.717) is 5.02 Å². The van der Waals surface area contributed by atoms with E-state index in [0.717, 1.165) is 4.47 Å². The predicted octanol–water partition coefficient (Wildman–Crippen LogP) is 4.71. The second kappa shape index (κ2) is 6.47. The van der Waals surface area contributed by atoms with E-state index in [1.54, 1.807) is 12.1 Å². The van der Waals surface area contributed by atoms with Crippen LogP contribution >= 0.6 is 39.1 Å². The van der Waals surface area contributed by atoms with E-state index in [-0.39, 0.29) is 21.8 Å². The number of carboxylic acid groups (broad SMARTS) is 1. The summed E-state index contributed by atoms with van der Waals surface area (Å²) in [5.41, 5.74) is 0.288. The molecule has 0 fully saturated rings. The standard InChI is InChI=1S/C14H8BrCl2NO3/c15-7-1-3-9(11(17)5-7)13(19)18-12-6-8(16)2-4-10(12)14(20)21/h1-6H,(H,18,19)(H,20,21). The number of carbonyl (C=O) groups is 2. The van der Waals surface area contributed by atoms with Crippen molar-refractivity contribution in [1.29, 1.82) is 0 Å². The Morgan fingerprint density at radius 2 is 1.71 bits per heavy atom. The SMILES string of the molecule is O=C(Nc1cc(Cl)ccc1C(=O)O)c1ccc(Br)cc1Cl. The maximum atomic E-state index is 12.2. The summed E-state index contributed by atoms with van der Waals surface area (Å²) in [5, 5.41) is 12.2. The Balaban J connectivity index is 2.35. The van der Waals surface area contributed by atoms with Gasteiger partial charge < -0.3 is 10.4 Å². The average molecular weight is 389 g/mol. The van der Waals surface area contributed by atoms with E-state index in [9.17, 15) is 9.59 Å². The summed E-state index contributed by atoms with van der Waals surface area (Å²) in [6.45, 7) is 0. The number of nitrogens with one attached hydrogen (secondary N) is 1. The molecule has 0 heterocycles. The van der Waals surface area contributed by atoms with E-state index >= 15 is 0 Å². The second-order valence-corrected chi connectivity index (χ2v) is 5.83. The number of carboxylic acids is 1. The molecule has 108 valence electrons. The molecule has 1 amide bonds. The van der Waals surface area contributed by atoms with Crippen molar-refractivity contribution in [3.8, 4) is 0 Å². The minimum Gasteiger partial charge on any atom is -0.478 e. The summed E-state index contributed by atoms with van der Waals surface area (Å²) >= 11 is 15.1. The summed E-state index contributed by atoms with van der Waals surface area (Å²) in [6.07, 6.45) is 0. The fraction of sp³-hybridized carbons (Fsp3) is 0. The number of hydrogen-bond donors (Lipinski definition) is 2. The molecule has 4 nitrogen and oxygen atoms in total. The summed E-state index contributed by atoms with van der Waals surface area (Å²) < 4.78 is 0.734. The lowest BCUT2D eigenvalue weighted by Crippen LogP contribution is -2.15. The van der Waals surface area contributed by atoms with Crippen molar-refractivity contribution >= 4 is 56.7 Å². The number of rotatable bonds is 3. The van der Waals surface area contributed by atoms with E-state index in [2.05, 4.69) is 21.2 Å². The minimum absolute atomic E-state index is 0.0546. The molecule has 0 radical (unpaired) electrons. The van der Waals surface area contributed by atoms with Gasteiger partial charge in [0.25, 0.3) is 5.91 Å². The maximum absolute atomic E-state index is 12.2.